The molecule has 0 radical (unpaired) electrons. The molecular formula is C16H18N4O2. The normalized spacial score (nSPS) is 10.7. The third-order valence-electron chi connectivity index (χ3n) is 3.38. The summed E-state index contributed by atoms with van der Waals surface area (Å²) >= 11 is 0. The van der Waals surface area contributed by atoms with Crippen LogP contribution in [0.2, 0.25) is 0 Å². The Morgan fingerprint density at radius 3 is 2.50 bits per heavy atom. The average Bonchev–Trinajstić information content (AvgIpc) is 2.87. The number of aryl methyl sites for hydroxylation is 2. The predicted octanol–water partition coefficient (Wildman–Crippen LogP) is 3.34. The van der Waals surface area contributed by atoms with Crippen molar-refractivity contribution < 1.29 is 9.47 Å². The smallest absolute Gasteiger partial charge is 0.162 e. The number of fused-ring (bicyclic) bond motifs is 1. The molecule has 0 aliphatic carbocycles. The molecule has 0 aliphatic rings. The van der Waals surface area contributed by atoms with Crippen LogP contribution in [0.25, 0.3) is 11.0 Å². The molecule has 3 rings (SSSR count). The molecule has 114 valence electrons. The molecule has 3 aromatic rings. The fourth-order valence-corrected chi connectivity index (χ4v) is 2.40. The maximum Gasteiger partial charge on any atom is 0.162 e. The predicted molar refractivity (Wildman–Crippen MR) is 86.2 cm³/mol. The molecule has 2 aromatic heterocycles. The number of hydrogen-bond acceptors (Lipinski definition) is 5. The van der Waals surface area contributed by atoms with E-state index in [1.54, 1.807) is 14.2 Å². The van der Waals surface area contributed by atoms with E-state index in [4.69, 9.17) is 9.47 Å². The van der Waals surface area contributed by atoms with E-state index in [0.717, 1.165) is 28.2 Å². The number of hydrogen-bond donors (Lipinski definition) is 2. The third kappa shape index (κ3) is 2.55. The Kier molecular flexibility index (Phi) is 3.58. The van der Waals surface area contributed by atoms with Crippen LogP contribution in [-0.4, -0.2) is 29.2 Å². The van der Waals surface area contributed by atoms with E-state index in [2.05, 4.69) is 20.3 Å². The van der Waals surface area contributed by atoms with Gasteiger partial charge in [-0.25, -0.2) is 9.97 Å². The first-order valence-electron chi connectivity index (χ1n) is 6.93. The molecular weight excluding hydrogens is 280 g/mol. The van der Waals surface area contributed by atoms with Gasteiger partial charge in [0.25, 0.3) is 0 Å². The van der Waals surface area contributed by atoms with Gasteiger partial charge in [0, 0.05) is 17.4 Å². The molecule has 0 spiro atoms. The van der Waals surface area contributed by atoms with Crippen molar-refractivity contribution in [3.8, 4) is 11.5 Å². The molecule has 2 N–H and O–H groups in total. The minimum absolute atomic E-state index is 0.666. The number of ether oxygens (including phenoxy) is 2. The van der Waals surface area contributed by atoms with Crippen LogP contribution in [0.4, 0.5) is 11.5 Å². The summed E-state index contributed by atoms with van der Waals surface area (Å²) in [5.41, 5.74) is 2.74. The van der Waals surface area contributed by atoms with Crippen molar-refractivity contribution in [2.24, 2.45) is 0 Å². The van der Waals surface area contributed by atoms with Gasteiger partial charge in [-0.05, 0) is 32.0 Å². The van der Waals surface area contributed by atoms with Crippen molar-refractivity contribution in [3.63, 3.8) is 0 Å². The van der Waals surface area contributed by atoms with Gasteiger partial charge in [0.15, 0.2) is 11.5 Å². The Bertz CT molecular complexity index is 826. The van der Waals surface area contributed by atoms with Crippen molar-refractivity contribution in [2.75, 3.05) is 19.5 Å². The van der Waals surface area contributed by atoms with Gasteiger partial charge in [-0.15, -0.1) is 0 Å². The maximum atomic E-state index is 5.33. The Balaban J connectivity index is 2.02. The first-order valence-corrected chi connectivity index (χ1v) is 6.93. The van der Waals surface area contributed by atoms with Crippen LogP contribution < -0.4 is 14.8 Å². The molecule has 6 nitrogen and oxygen atoms in total. The van der Waals surface area contributed by atoms with E-state index < -0.39 is 0 Å². The molecule has 2 heterocycles. The zero-order valence-electron chi connectivity index (χ0n) is 13.0. The number of aromatic nitrogens is 3. The summed E-state index contributed by atoms with van der Waals surface area (Å²) in [7, 11) is 3.23. The number of anilines is 2. The summed E-state index contributed by atoms with van der Waals surface area (Å²) in [6, 6.07) is 7.68. The van der Waals surface area contributed by atoms with E-state index in [0.29, 0.717) is 17.3 Å². The molecule has 6 heteroatoms. The lowest BCUT2D eigenvalue weighted by Crippen LogP contribution is -1.99. The Morgan fingerprint density at radius 2 is 1.77 bits per heavy atom. The Labute approximate surface area is 128 Å². The summed E-state index contributed by atoms with van der Waals surface area (Å²) in [6.45, 7) is 3.87. The molecule has 22 heavy (non-hydrogen) atoms. The standard InChI is InChI=1S/C16H18N4O2/c1-9-7-12-15(17-9)18-10(2)19-16(12)20-11-5-6-13(21-3)14(8-11)22-4/h5-8H,1-4H3,(H2,17,18,19,20). The van der Waals surface area contributed by atoms with Crippen molar-refractivity contribution >= 4 is 22.5 Å². The SMILES string of the molecule is COc1ccc(Nc2nc(C)nc3[nH]c(C)cc23)cc1OC. The number of benzene rings is 1. The van der Waals surface area contributed by atoms with E-state index in [9.17, 15) is 0 Å². The van der Waals surface area contributed by atoms with Gasteiger partial charge >= 0.3 is 0 Å². The molecule has 0 saturated heterocycles. The lowest BCUT2D eigenvalue weighted by Gasteiger charge is -2.11. The second-order valence-electron chi connectivity index (χ2n) is 5.03. The molecule has 0 fully saturated rings. The van der Waals surface area contributed by atoms with Crippen LogP contribution in [0, 0.1) is 13.8 Å². The van der Waals surface area contributed by atoms with Crippen LogP contribution >= 0.6 is 0 Å². The summed E-state index contributed by atoms with van der Waals surface area (Å²) in [5, 5.41) is 4.28. The second-order valence-corrected chi connectivity index (χ2v) is 5.03. The van der Waals surface area contributed by atoms with Gasteiger partial charge in [0.2, 0.25) is 0 Å². The lowest BCUT2D eigenvalue weighted by molar-refractivity contribution is 0.355. The quantitative estimate of drug-likeness (QED) is 0.773. The van der Waals surface area contributed by atoms with Gasteiger partial charge in [0.1, 0.15) is 17.3 Å². The lowest BCUT2D eigenvalue weighted by atomic mass is 10.2. The average molecular weight is 298 g/mol. The zero-order chi connectivity index (χ0) is 15.7. The van der Waals surface area contributed by atoms with Crippen LogP contribution in [0.1, 0.15) is 11.5 Å². The first-order chi connectivity index (χ1) is 10.6. The molecule has 0 bridgehead atoms. The van der Waals surface area contributed by atoms with Crippen molar-refractivity contribution in [1.82, 2.24) is 15.0 Å². The fourth-order valence-electron chi connectivity index (χ4n) is 2.40. The molecule has 0 saturated carbocycles. The maximum absolute atomic E-state index is 5.33. The number of aromatic amines is 1. The fraction of sp³-hybridized carbons (Fsp3) is 0.250. The molecule has 0 amide bonds. The zero-order valence-corrected chi connectivity index (χ0v) is 13.0. The van der Waals surface area contributed by atoms with Crippen LogP contribution in [0.5, 0.6) is 11.5 Å². The van der Waals surface area contributed by atoms with Gasteiger partial charge in [-0.1, -0.05) is 0 Å². The highest BCUT2D eigenvalue weighted by atomic mass is 16.5. The van der Waals surface area contributed by atoms with Gasteiger partial charge in [0.05, 0.1) is 19.6 Å². The number of nitrogens with zero attached hydrogens (tertiary/aromatic N) is 2. The number of methoxy groups -OCH3 is 2. The summed E-state index contributed by atoms with van der Waals surface area (Å²) in [4.78, 5) is 12.1. The van der Waals surface area contributed by atoms with Crippen molar-refractivity contribution in [2.45, 2.75) is 13.8 Å². The second kappa shape index (κ2) is 5.55. The molecule has 1 aromatic carbocycles. The molecule has 0 aliphatic heterocycles. The first kappa shape index (κ1) is 14.2. The number of rotatable bonds is 4. The van der Waals surface area contributed by atoms with Crippen molar-refractivity contribution in [3.05, 3.63) is 35.8 Å². The summed E-state index contributed by atoms with van der Waals surface area (Å²) in [6.07, 6.45) is 0. The van der Waals surface area contributed by atoms with Crippen molar-refractivity contribution in [1.29, 1.82) is 0 Å². The largest absolute Gasteiger partial charge is 0.493 e. The molecule has 0 atom stereocenters. The Hall–Kier alpha value is -2.76. The summed E-state index contributed by atoms with van der Waals surface area (Å²) in [5.74, 6) is 2.82. The number of nitrogens with one attached hydrogen (secondary N) is 2. The highest BCUT2D eigenvalue weighted by Gasteiger charge is 2.10. The Morgan fingerprint density at radius 1 is 1.00 bits per heavy atom. The van der Waals surface area contributed by atoms with Gasteiger partial charge < -0.3 is 19.8 Å². The minimum Gasteiger partial charge on any atom is -0.493 e. The van der Waals surface area contributed by atoms with E-state index >= 15 is 0 Å². The highest BCUT2D eigenvalue weighted by Crippen LogP contribution is 2.32. The van der Waals surface area contributed by atoms with E-state index in [1.165, 1.54) is 0 Å². The van der Waals surface area contributed by atoms with Crippen LogP contribution in [0.15, 0.2) is 24.3 Å². The number of H-pyrrole nitrogens is 1. The van der Waals surface area contributed by atoms with Gasteiger partial charge in [-0.2, -0.15) is 0 Å². The molecule has 0 unspecified atom stereocenters. The minimum atomic E-state index is 0.666. The van der Waals surface area contributed by atoms with E-state index in [1.807, 2.05) is 38.1 Å². The monoisotopic (exact) mass is 298 g/mol. The van der Waals surface area contributed by atoms with Gasteiger partial charge in [-0.3, -0.25) is 0 Å². The van der Waals surface area contributed by atoms with Crippen LogP contribution in [0.3, 0.4) is 0 Å². The topological polar surface area (TPSA) is 72.1 Å². The van der Waals surface area contributed by atoms with E-state index in [-0.39, 0.29) is 0 Å². The van der Waals surface area contributed by atoms with Crippen LogP contribution in [-0.2, 0) is 0 Å². The highest BCUT2D eigenvalue weighted by molar-refractivity contribution is 5.89. The third-order valence-corrected chi connectivity index (χ3v) is 3.38. The summed E-state index contributed by atoms with van der Waals surface area (Å²) < 4.78 is 10.6.